The van der Waals surface area contributed by atoms with Crippen molar-refractivity contribution in [1.29, 1.82) is 0 Å². The molecule has 2 rings (SSSR count). The molecule has 10 heavy (non-hydrogen) atoms. The summed E-state index contributed by atoms with van der Waals surface area (Å²) < 4.78 is 1.22. The van der Waals surface area contributed by atoms with Crippen LogP contribution in [0.1, 0.15) is 32.1 Å². The van der Waals surface area contributed by atoms with Gasteiger partial charge in [0.15, 0.2) is 12.3 Å². The summed E-state index contributed by atoms with van der Waals surface area (Å²) in [6.07, 6.45) is 5.91. The van der Waals surface area contributed by atoms with Gasteiger partial charge in [-0.3, -0.25) is 0 Å². The lowest BCUT2D eigenvalue weighted by molar-refractivity contribution is -0.469. The molecule has 0 N–H and O–H groups in total. The SMILES string of the molecule is [O-][N+]1=C2CCCC(CC1)C2. The smallest absolute Gasteiger partial charge is 0.163 e. The molecule has 2 bridgehead atoms. The lowest BCUT2D eigenvalue weighted by Gasteiger charge is -2.27. The van der Waals surface area contributed by atoms with Crippen molar-refractivity contribution in [3.8, 4) is 0 Å². The van der Waals surface area contributed by atoms with Crippen LogP contribution in [0.3, 0.4) is 0 Å². The van der Waals surface area contributed by atoms with Gasteiger partial charge >= 0.3 is 0 Å². The molecule has 0 radical (unpaired) electrons. The van der Waals surface area contributed by atoms with Crippen LogP contribution in [0.25, 0.3) is 0 Å². The van der Waals surface area contributed by atoms with E-state index >= 15 is 0 Å². The lowest BCUT2D eigenvalue weighted by Crippen LogP contribution is -2.30. The van der Waals surface area contributed by atoms with Gasteiger partial charge in [-0.1, -0.05) is 0 Å². The molecule has 1 aliphatic heterocycles. The second-order valence-electron chi connectivity index (χ2n) is 3.42. The molecule has 0 amide bonds. The third kappa shape index (κ3) is 0.917. The summed E-state index contributed by atoms with van der Waals surface area (Å²) in [5.74, 6) is 0.856. The van der Waals surface area contributed by atoms with Crippen LogP contribution < -0.4 is 0 Å². The van der Waals surface area contributed by atoms with Gasteiger partial charge in [-0.05, 0) is 18.8 Å². The minimum absolute atomic E-state index is 0.764. The van der Waals surface area contributed by atoms with Crippen LogP contribution in [0.2, 0.25) is 0 Å². The second kappa shape index (κ2) is 2.26. The molecular formula is C8H13NO. The number of hydrogen-bond donors (Lipinski definition) is 0. The molecule has 0 aromatic carbocycles. The van der Waals surface area contributed by atoms with E-state index in [1.807, 2.05) is 0 Å². The first kappa shape index (κ1) is 6.20. The van der Waals surface area contributed by atoms with Gasteiger partial charge in [0.05, 0.1) is 0 Å². The first-order chi connectivity index (χ1) is 4.86. The van der Waals surface area contributed by atoms with Crippen molar-refractivity contribution in [2.45, 2.75) is 32.1 Å². The number of hydroxylamine groups is 1. The zero-order valence-corrected chi connectivity index (χ0v) is 6.18. The normalized spacial score (nSPS) is 32.6. The van der Waals surface area contributed by atoms with E-state index in [2.05, 4.69) is 0 Å². The van der Waals surface area contributed by atoms with Crippen molar-refractivity contribution >= 4 is 5.71 Å². The van der Waals surface area contributed by atoms with Crippen molar-refractivity contribution in [3.05, 3.63) is 5.21 Å². The highest BCUT2D eigenvalue weighted by atomic mass is 16.5. The molecular weight excluding hydrogens is 126 g/mol. The molecule has 1 heterocycles. The monoisotopic (exact) mass is 139 g/mol. The number of hydrogen-bond acceptors (Lipinski definition) is 1. The summed E-state index contributed by atoms with van der Waals surface area (Å²) in [7, 11) is 0. The Hall–Kier alpha value is -0.530. The summed E-state index contributed by atoms with van der Waals surface area (Å²) in [5, 5.41) is 11.1. The minimum Gasteiger partial charge on any atom is -0.624 e. The van der Waals surface area contributed by atoms with E-state index in [4.69, 9.17) is 0 Å². The summed E-state index contributed by atoms with van der Waals surface area (Å²) in [4.78, 5) is 0. The molecule has 0 saturated heterocycles. The predicted molar refractivity (Wildman–Crippen MR) is 40.1 cm³/mol. The fourth-order valence-electron chi connectivity index (χ4n) is 2.06. The van der Waals surface area contributed by atoms with E-state index < -0.39 is 0 Å². The summed E-state index contributed by atoms with van der Waals surface area (Å²) >= 11 is 0. The van der Waals surface area contributed by atoms with E-state index in [1.54, 1.807) is 0 Å². The maximum Gasteiger partial charge on any atom is 0.163 e. The lowest BCUT2D eigenvalue weighted by atomic mass is 9.83. The van der Waals surface area contributed by atoms with Gasteiger partial charge in [-0.25, -0.2) is 4.74 Å². The summed E-state index contributed by atoms with van der Waals surface area (Å²) in [6, 6.07) is 0. The molecule has 1 atom stereocenters. The Morgan fingerprint density at radius 3 is 3.10 bits per heavy atom. The Kier molecular flexibility index (Phi) is 1.40. The molecule has 2 heteroatoms. The molecule has 1 saturated carbocycles. The zero-order chi connectivity index (χ0) is 6.97. The third-order valence-corrected chi connectivity index (χ3v) is 2.70. The highest BCUT2D eigenvalue weighted by molar-refractivity contribution is 5.81. The predicted octanol–water partition coefficient (Wildman–Crippen LogP) is 1.53. The van der Waals surface area contributed by atoms with Gasteiger partial charge in [0.2, 0.25) is 0 Å². The highest BCUT2D eigenvalue weighted by Gasteiger charge is 2.27. The topological polar surface area (TPSA) is 26.1 Å². The van der Waals surface area contributed by atoms with Crippen LogP contribution >= 0.6 is 0 Å². The number of nitrogens with zero attached hydrogens (tertiary/aromatic N) is 1. The minimum atomic E-state index is 0.764. The Bertz CT molecular complexity index is 174. The first-order valence-electron chi connectivity index (χ1n) is 4.15. The average molecular weight is 139 g/mol. The molecule has 2 aliphatic rings. The van der Waals surface area contributed by atoms with Crippen molar-refractivity contribution in [2.24, 2.45) is 5.92 Å². The molecule has 56 valence electrons. The average Bonchev–Trinajstić information content (AvgIpc) is 1.99. The van der Waals surface area contributed by atoms with Crippen molar-refractivity contribution in [2.75, 3.05) is 6.54 Å². The van der Waals surface area contributed by atoms with E-state index in [0.29, 0.717) is 0 Å². The van der Waals surface area contributed by atoms with Gasteiger partial charge in [-0.2, -0.15) is 0 Å². The fraction of sp³-hybridized carbons (Fsp3) is 0.875. The second-order valence-corrected chi connectivity index (χ2v) is 3.42. The van der Waals surface area contributed by atoms with Gasteiger partial charge in [0.1, 0.15) is 0 Å². The molecule has 2 nitrogen and oxygen atoms in total. The van der Waals surface area contributed by atoms with Crippen molar-refractivity contribution < 1.29 is 4.74 Å². The Morgan fingerprint density at radius 1 is 1.40 bits per heavy atom. The third-order valence-electron chi connectivity index (χ3n) is 2.70. The number of fused-ring (bicyclic) bond motifs is 2. The Balaban J connectivity index is 2.20. The van der Waals surface area contributed by atoms with E-state index in [0.717, 1.165) is 31.7 Å². The molecule has 0 spiro atoms. The van der Waals surface area contributed by atoms with Crippen LogP contribution in [0.15, 0.2) is 0 Å². The largest absolute Gasteiger partial charge is 0.624 e. The van der Waals surface area contributed by atoms with Crippen LogP contribution in [0, 0.1) is 11.1 Å². The Morgan fingerprint density at radius 2 is 2.30 bits per heavy atom. The highest BCUT2D eigenvalue weighted by Crippen LogP contribution is 2.27. The van der Waals surface area contributed by atoms with Crippen molar-refractivity contribution in [3.63, 3.8) is 0 Å². The van der Waals surface area contributed by atoms with Crippen LogP contribution in [-0.4, -0.2) is 17.0 Å². The van der Waals surface area contributed by atoms with Gasteiger partial charge in [-0.15, -0.1) is 0 Å². The molecule has 1 fully saturated rings. The maximum absolute atomic E-state index is 11.1. The van der Waals surface area contributed by atoms with Gasteiger partial charge in [0, 0.05) is 19.3 Å². The maximum atomic E-state index is 11.1. The first-order valence-corrected chi connectivity index (χ1v) is 4.15. The van der Waals surface area contributed by atoms with Crippen LogP contribution in [0.5, 0.6) is 0 Å². The zero-order valence-electron chi connectivity index (χ0n) is 6.18. The van der Waals surface area contributed by atoms with Crippen LogP contribution in [0.4, 0.5) is 0 Å². The molecule has 0 aromatic heterocycles. The standard InChI is InChI=1S/C8H13NO/c10-9-5-4-7-2-1-3-8(9)6-7/h7H,1-6H2. The van der Waals surface area contributed by atoms with E-state index in [9.17, 15) is 5.21 Å². The molecule has 0 aromatic rings. The van der Waals surface area contributed by atoms with E-state index in [-0.39, 0.29) is 0 Å². The van der Waals surface area contributed by atoms with E-state index in [1.165, 1.54) is 23.3 Å². The molecule has 1 unspecified atom stereocenters. The van der Waals surface area contributed by atoms with Gasteiger partial charge < -0.3 is 5.21 Å². The number of rotatable bonds is 0. The molecule has 1 aliphatic carbocycles. The summed E-state index contributed by atoms with van der Waals surface area (Å²) in [5.41, 5.74) is 1.17. The van der Waals surface area contributed by atoms with Crippen molar-refractivity contribution in [1.82, 2.24) is 0 Å². The van der Waals surface area contributed by atoms with Gasteiger partial charge in [0.25, 0.3) is 0 Å². The fourth-order valence-corrected chi connectivity index (χ4v) is 2.06. The summed E-state index contributed by atoms with van der Waals surface area (Å²) in [6.45, 7) is 0.764. The Labute approximate surface area is 61.1 Å². The quantitative estimate of drug-likeness (QED) is 0.369. The van der Waals surface area contributed by atoms with Crippen LogP contribution in [-0.2, 0) is 0 Å².